The summed E-state index contributed by atoms with van der Waals surface area (Å²) in [6.45, 7) is 1.04. The van der Waals surface area contributed by atoms with Gasteiger partial charge in [-0.25, -0.2) is 0 Å². The Kier molecular flexibility index (Phi) is 5.22. The Labute approximate surface area is 122 Å². The van der Waals surface area contributed by atoms with Gasteiger partial charge in [-0.3, -0.25) is 14.6 Å². The molecule has 2 N–H and O–H groups in total. The molecule has 110 valence electrons. The molecule has 1 amide bonds. The minimum Gasteiger partial charge on any atom is -0.385 e. The quantitative estimate of drug-likeness (QED) is 0.782. The molecule has 0 aliphatic heterocycles. The third kappa shape index (κ3) is 4.00. The number of hydrogen-bond acceptors (Lipinski definition) is 4. The minimum atomic E-state index is -0.409. The van der Waals surface area contributed by atoms with Crippen molar-refractivity contribution >= 4 is 5.91 Å². The summed E-state index contributed by atoms with van der Waals surface area (Å²) in [5.74, 6) is -0.381. The fourth-order valence-electron chi connectivity index (χ4n) is 1.87. The van der Waals surface area contributed by atoms with Gasteiger partial charge >= 0.3 is 0 Å². The van der Waals surface area contributed by atoms with Crippen LogP contribution in [0.3, 0.4) is 0 Å². The third-order valence-corrected chi connectivity index (χ3v) is 2.96. The number of rotatable bonds is 6. The van der Waals surface area contributed by atoms with Crippen LogP contribution < -0.4 is 10.9 Å². The van der Waals surface area contributed by atoms with Crippen molar-refractivity contribution in [2.24, 2.45) is 0 Å². The summed E-state index contributed by atoms with van der Waals surface area (Å²) in [5, 5.41) is 2.68. The normalized spacial score (nSPS) is 10.3. The maximum atomic E-state index is 12.0. The van der Waals surface area contributed by atoms with Gasteiger partial charge in [-0.15, -0.1) is 0 Å². The number of pyridine rings is 2. The molecule has 0 saturated carbocycles. The molecule has 0 fully saturated rings. The van der Waals surface area contributed by atoms with Crippen molar-refractivity contribution in [1.82, 2.24) is 15.3 Å². The second kappa shape index (κ2) is 7.35. The lowest BCUT2D eigenvalue weighted by Gasteiger charge is -2.06. The second-order valence-corrected chi connectivity index (χ2v) is 4.45. The molecule has 0 saturated heterocycles. The van der Waals surface area contributed by atoms with E-state index in [4.69, 9.17) is 4.74 Å². The highest BCUT2D eigenvalue weighted by Gasteiger charge is 2.10. The molecule has 0 spiro atoms. The first-order valence-electron chi connectivity index (χ1n) is 6.63. The number of nitrogens with one attached hydrogen (secondary N) is 2. The van der Waals surface area contributed by atoms with Crippen LogP contribution in [0, 0.1) is 0 Å². The first-order chi connectivity index (χ1) is 10.2. The SMILES string of the molecule is COCCCNC(=O)c1ccc(-c2ccncc2)[nH]c1=O. The highest BCUT2D eigenvalue weighted by atomic mass is 16.5. The van der Waals surface area contributed by atoms with E-state index in [1.165, 1.54) is 6.07 Å². The lowest BCUT2D eigenvalue weighted by Crippen LogP contribution is -2.30. The summed E-state index contributed by atoms with van der Waals surface area (Å²) in [4.78, 5) is 30.5. The number of H-pyrrole nitrogens is 1. The number of ether oxygens (including phenoxy) is 1. The van der Waals surface area contributed by atoms with Gasteiger partial charge in [-0.05, 0) is 30.7 Å². The summed E-state index contributed by atoms with van der Waals surface area (Å²) in [6, 6.07) is 6.81. The third-order valence-electron chi connectivity index (χ3n) is 2.96. The fourth-order valence-corrected chi connectivity index (χ4v) is 1.87. The van der Waals surface area contributed by atoms with E-state index in [9.17, 15) is 9.59 Å². The number of carbonyl (C=O) groups is 1. The minimum absolute atomic E-state index is 0.102. The van der Waals surface area contributed by atoms with Crippen LogP contribution in [0.5, 0.6) is 0 Å². The number of nitrogens with zero attached hydrogens (tertiary/aromatic N) is 1. The first kappa shape index (κ1) is 14.9. The van der Waals surface area contributed by atoms with Crippen LogP contribution in [0.1, 0.15) is 16.8 Å². The highest BCUT2D eigenvalue weighted by molar-refractivity contribution is 5.94. The summed E-state index contributed by atoms with van der Waals surface area (Å²) in [7, 11) is 1.60. The van der Waals surface area contributed by atoms with E-state index in [2.05, 4.69) is 15.3 Å². The maximum absolute atomic E-state index is 12.0. The Morgan fingerprint density at radius 2 is 2.05 bits per heavy atom. The highest BCUT2D eigenvalue weighted by Crippen LogP contribution is 2.13. The Hall–Kier alpha value is -2.47. The first-order valence-corrected chi connectivity index (χ1v) is 6.63. The molecule has 0 aliphatic rings. The van der Waals surface area contributed by atoms with Gasteiger partial charge in [0.1, 0.15) is 5.56 Å². The van der Waals surface area contributed by atoms with E-state index >= 15 is 0 Å². The molecule has 0 atom stereocenters. The van der Waals surface area contributed by atoms with E-state index in [0.717, 1.165) is 5.56 Å². The number of hydrogen-bond donors (Lipinski definition) is 2. The van der Waals surface area contributed by atoms with Crippen molar-refractivity contribution in [3.8, 4) is 11.3 Å². The van der Waals surface area contributed by atoms with Crippen molar-refractivity contribution in [1.29, 1.82) is 0 Å². The molecule has 0 unspecified atom stereocenters. The molecule has 0 aromatic carbocycles. The van der Waals surface area contributed by atoms with Crippen molar-refractivity contribution in [3.63, 3.8) is 0 Å². The molecule has 0 bridgehead atoms. The Balaban J connectivity index is 2.09. The molecule has 0 radical (unpaired) electrons. The van der Waals surface area contributed by atoms with Crippen LogP contribution in [0.15, 0.2) is 41.5 Å². The summed E-state index contributed by atoms with van der Waals surface area (Å²) < 4.78 is 4.89. The van der Waals surface area contributed by atoms with Gasteiger partial charge in [-0.2, -0.15) is 0 Å². The number of aromatic nitrogens is 2. The van der Waals surface area contributed by atoms with Gasteiger partial charge in [0.2, 0.25) is 0 Å². The molecule has 2 aromatic rings. The van der Waals surface area contributed by atoms with E-state index in [-0.39, 0.29) is 11.5 Å². The van der Waals surface area contributed by atoms with E-state index in [1.54, 1.807) is 37.7 Å². The fraction of sp³-hybridized carbons (Fsp3) is 0.267. The average molecular weight is 287 g/mol. The molecule has 2 aromatic heterocycles. The monoisotopic (exact) mass is 287 g/mol. The average Bonchev–Trinajstić information content (AvgIpc) is 2.52. The largest absolute Gasteiger partial charge is 0.385 e. The smallest absolute Gasteiger partial charge is 0.261 e. The number of amides is 1. The standard InChI is InChI=1S/C15H17N3O3/c1-21-10-2-7-17-14(19)12-3-4-13(18-15(12)20)11-5-8-16-9-6-11/h3-6,8-9H,2,7,10H2,1H3,(H,17,19)(H,18,20). The van der Waals surface area contributed by atoms with Gasteiger partial charge in [0.05, 0.1) is 0 Å². The van der Waals surface area contributed by atoms with Gasteiger partial charge in [0.25, 0.3) is 11.5 Å². The molecule has 21 heavy (non-hydrogen) atoms. The van der Waals surface area contributed by atoms with Crippen LogP contribution in [0.2, 0.25) is 0 Å². The van der Waals surface area contributed by atoms with Crippen molar-refractivity contribution in [2.45, 2.75) is 6.42 Å². The Bertz CT molecular complexity index is 653. The van der Waals surface area contributed by atoms with Gasteiger partial charge in [-0.1, -0.05) is 0 Å². The van der Waals surface area contributed by atoms with E-state index in [1.807, 2.05) is 0 Å². The molecule has 6 heteroatoms. The molecule has 2 rings (SSSR count). The maximum Gasteiger partial charge on any atom is 0.261 e. The van der Waals surface area contributed by atoms with Crippen molar-refractivity contribution < 1.29 is 9.53 Å². The zero-order valence-electron chi connectivity index (χ0n) is 11.8. The van der Waals surface area contributed by atoms with Crippen LogP contribution in [0.4, 0.5) is 0 Å². The zero-order valence-corrected chi connectivity index (χ0v) is 11.8. The van der Waals surface area contributed by atoms with Gasteiger partial charge in [0, 0.05) is 43.9 Å². The summed E-state index contributed by atoms with van der Waals surface area (Å²) in [6.07, 6.45) is 3.99. The van der Waals surface area contributed by atoms with E-state index in [0.29, 0.717) is 25.3 Å². The predicted molar refractivity (Wildman–Crippen MR) is 79.1 cm³/mol. The molecular weight excluding hydrogens is 270 g/mol. The summed E-state index contributed by atoms with van der Waals surface area (Å²) >= 11 is 0. The summed E-state index contributed by atoms with van der Waals surface area (Å²) in [5.41, 5.74) is 1.19. The van der Waals surface area contributed by atoms with Crippen LogP contribution >= 0.6 is 0 Å². The van der Waals surface area contributed by atoms with Crippen LogP contribution in [-0.2, 0) is 4.74 Å². The zero-order chi connectivity index (χ0) is 15.1. The Morgan fingerprint density at radius 3 is 2.71 bits per heavy atom. The molecule has 6 nitrogen and oxygen atoms in total. The molecule has 0 aliphatic carbocycles. The number of aromatic amines is 1. The van der Waals surface area contributed by atoms with Crippen LogP contribution in [-0.4, -0.2) is 36.1 Å². The lowest BCUT2D eigenvalue weighted by atomic mass is 10.1. The van der Waals surface area contributed by atoms with Gasteiger partial charge < -0.3 is 15.0 Å². The topological polar surface area (TPSA) is 84.1 Å². The predicted octanol–water partition coefficient (Wildman–Crippen LogP) is 1.20. The van der Waals surface area contributed by atoms with Gasteiger partial charge in [0.15, 0.2) is 0 Å². The van der Waals surface area contributed by atoms with Crippen molar-refractivity contribution in [3.05, 3.63) is 52.6 Å². The number of carbonyl (C=O) groups excluding carboxylic acids is 1. The molecular formula is C15H17N3O3. The number of methoxy groups -OCH3 is 1. The Morgan fingerprint density at radius 1 is 1.29 bits per heavy atom. The second-order valence-electron chi connectivity index (χ2n) is 4.45. The molecule has 2 heterocycles. The van der Waals surface area contributed by atoms with E-state index < -0.39 is 5.56 Å². The van der Waals surface area contributed by atoms with Crippen molar-refractivity contribution in [2.75, 3.05) is 20.3 Å². The lowest BCUT2D eigenvalue weighted by molar-refractivity contribution is 0.0947. The van der Waals surface area contributed by atoms with Crippen LogP contribution in [0.25, 0.3) is 11.3 Å².